The van der Waals surface area contributed by atoms with Crippen LogP contribution >= 0.6 is 11.6 Å². The second-order valence-electron chi connectivity index (χ2n) is 8.05. The van der Waals surface area contributed by atoms with E-state index in [0.717, 1.165) is 0 Å². The molecule has 9 heteroatoms. The second kappa shape index (κ2) is 8.77. The molecule has 2 aromatic heterocycles. The van der Waals surface area contributed by atoms with Crippen molar-refractivity contribution in [2.45, 2.75) is 58.3 Å². The van der Waals surface area contributed by atoms with E-state index < -0.39 is 8.32 Å². The first-order valence-corrected chi connectivity index (χ1v) is 12.3. The first-order chi connectivity index (χ1) is 12.6. The number of aliphatic hydroxyl groups excluding tert-OH is 1. The number of aliphatic hydroxyl groups is 1. The van der Waals surface area contributed by atoms with Crippen LogP contribution in [0.2, 0.25) is 23.3 Å². The van der Waals surface area contributed by atoms with Gasteiger partial charge in [-0.2, -0.15) is 0 Å². The van der Waals surface area contributed by atoms with Gasteiger partial charge in [0.05, 0.1) is 12.9 Å². The van der Waals surface area contributed by atoms with E-state index in [4.69, 9.17) is 16.0 Å². The number of imidazole rings is 1. The Kier molecular flexibility index (Phi) is 7.13. The lowest BCUT2D eigenvalue weighted by Gasteiger charge is -2.36. The molecule has 2 rings (SSSR count). The number of rotatable bonds is 8. The summed E-state index contributed by atoms with van der Waals surface area (Å²) in [6.07, 6.45) is 3.54. The first-order valence-electron chi connectivity index (χ1n) is 8.99. The van der Waals surface area contributed by atoms with Crippen LogP contribution in [0.15, 0.2) is 24.1 Å². The molecule has 0 unspecified atom stereocenters. The minimum atomic E-state index is -1.89. The Balaban J connectivity index is 2.13. The third kappa shape index (κ3) is 5.34. The molecule has 0 fully saturated rings. The summed E-state index contributed by atoms with van der Waals surface area (Å²) < 4.78 is 22.6. The van der Waals surface area contributed by atoms with Crippen LogP contribution in [-0.4, -0.2) is 46.2 Å². The maximum atomic E-state index is 14.9. The monoisotopic (exact) mass is 414 g/mol. The molecule has 0 saturated heterocycles. The van der Waals surface area contributed by atoms with Crippen LogP contribution in [0, 0.1) is 0 Å². The highest BCUT2D eigenvalue weighted by atomic mass is 35.5. The lowest BCUT2D eigenvalue weighted by Crippen LogP contribution is -2.41. The topological polar surface area (TPSA) is 73.1 Å². The summed E-state index contributed by atoms with van der Waals surface area (Å²) in [5.74, 6) is -0.308. The van der Waals surface area contributed by atoms with Gasteiger partial charge in [0, 0.05) is 13.2 Å². The van der Waals surface area contributed by atoms with Crippen LogP contribution in [0.5, 0.6) is 0 Å². The maximum Gasteiger partial charge on any atom is 0.191 e. The van der Waals surface area contributed by atoms with Crippen molar-refractivity contribution < 1.29 is 13.9 Å². The van der Waals surface area contributed by atoms with Crippen molar-refractivity contribution in [3.63, 3.8) is 0 Å². The summed E-state index contributed by atoms with van der Waals surface area (Å²) in [5.41, 5.74) is 1.47. The minimum Gasteiger partial charge on any atom is -0.417 e. The number of allylic oxidation sites excluding steroid dienone is 1. The van der Waals surface area contributed by atoms with E-state index in [2.05, 4.69) is 48.8 Å². The van der Waals surface area contributed by atoms with Gasteiger partial charge in [-0.25, -0.2) is 19.3 Å². The summed E-state index contributed by atoms with van der Waals surface area (Å²) in [7, 11) is -1.89. The lowest BCUT2D eigenvalue weighted by molar-refractivity contribution is 0.274. The van der Waals surface area contributed by atoms with E-state index >= 15 is 0 Å². The van der Waals surface area contributed by atoms with Gasteiger partial charge < -0.3 is 14.1 Å². The predicted octanol–water partition coefficient (Wildman–Crippen LogP) is 4.50. The highest BCUT2D eigenvalue weighted by Gasteiger charge is 2.36. The van der Waals surface area contributed by atoms with Crippen molar-refractivity contribution in [2.24, 2.45) is 0 Å². The van der Waals surface area contributed by atoms with E-state index in [9.17, 15) is 9.50 Å². The van der Waals surface area contributed by atoms with Crippen LogP contribution in [0.3, 0.4) is 0 Å². The molecule has 1 N–H and O–H groups in total. The average molecular weight is 415 g/mol. The van der Waals surface area contributed by atoms with Gasteiger partial charge in [-0.3, -0.25) is 0 Å². The lowest BCUT2D eigenvalue weighted by atomic mass is 10.1. The molecular formula is C18H28ClFN4O2Si. The average Bonchev–Trinajstić information content (AvgIpc) is 2.97. The standard InChI is InChI=1S/C18H28ClFN4O2Si/c1-18(2,3)27(4,5)26-9-7-13(6-8-25)14(20)10-24-12-23-15-16(19)21-11-22-17(15)24/h11-12,25H,6-10H2,1-5H3/b14-13-. The highest BCUT2D eigenvalue weighted by Crippen LogP contribution is 2.36. The van der Waals surface area contributed by atoms with Gasteiger partial charge in [0.1, 0.15) is 17.7 Å². The number of aromatic nitrogens is 4. The number of hydrogen-bond acceptors (Lipinski definition) is 5. The molecular weight excluding hydrogens is 387 g/mol. The maximum absolute atomic E-state index is 14.9. The molecule has 0 aliphatic rings. The molecule has 0 atom stereocenters. The molecule has 0 bridgehead atoms. The normalized spacial score (nSPS) is 13.9. The molecule has 0 aliphatic carbocycles. The quantitative estimate of drug-likeness (QED) is 0.508. The van der Waals surface area contributed by atoms with Crippen LogP contribution < -0.4 is 0 Å². The third-order valence-electron chi connectivity index (χ3n) is 5.14. The molecule has 27 heavy (non-hydrogen) atoms. The fourth-order valence-corrected chi connectivity index (χ4v) is 3.63. The predicted molar refractivity (Wildman–Crippen MR) is 108 cm³/mol. The van der Waals surface area contributed by atoms with Crippen molar-refractivity contribution in [3.05, 3.63) is 29.2 Å². The molecule has 0 amide bonds. The van der Waals surface area contributed by atoms with E-state index in [1.807, 2.05) is 0 Å². The molecule has 2 aromatic rings. The Hall–Kier alpha value is -1.35. The van der Waals surface area contributed by atoms with E-state index in [1.54, 1.807) is 4.57 Å². The molecule has 0 saturated carbocycles. The largest absolute Gasteiger partial charge is 0.417 e. The van der Waals surface area contributed by atoms with Gasteiger partial charge in [-0.05, 0) is 36.5 Å². The fourth-order valence-electron chi connectivity index (χ4n) is 2.41. The zero-order valence-electron chi connectivity index (χ0n) is 16.6. The van der Waals surface area contributed by atoms with Crippen molar-refractivity contribution in [2.75, 3.05) is 13.2 Å². The number of halogens is 2. The Bertz CT molecular complexity index is 817. The van der Waals surface area contributed by atoms with Crippen molar-refractivity contribution in [1.29, 1.82) is 0 Å². The highest BCUT2D eigenvalue weighted by molar-refractivity contribution is 6.74. The van der Waals surface area contributed by atoms with Crippen LogP contribution in [0.25, 0.3) is 11.2 Å². The van der Waals surface area contributed by atoms with Crippen LogP contribution in [-0.2, 0) is 11.0 Å². The molecule has 150 valence electrons. The van der Waals surface area contributed by atoms with Crippen molar-refractivity contribution >= 4 is 31.1 Å². The van der Waals surface area contributed by atoms with Gasteiger partial charge in [0.2, 0.25) is 0 Å². The Morgan fingerprint density at radius 1 is 1.26 bits per heavy atom. The van der Waals surface area contributed by atoms with E-state index in [0.29, 0.717) is 29.8 Å². The first kappa shape index (κ1) is 21.9. The SMILES string of the molecule is CC(C)(C)[Si](C)(C)OCC/C(CCO)=C(\F)Cn1cnc2c(Cl)ncnc21. The summed E-state index contributed by atoms with van der Waals surface area (Å²) in [6.45, 7) is 11.2. The Labute approximate surface area is 165 Å². The van der Waals surface area contributed by atoms with Gasteiger partial charge in [-0.15, -0.1) is 0 Å². The van der Waals surface area contributed by atoms with Crippen LogP contribution in [0.4, 0.5) is 4.39 Å². The molecule has 6 nitrogen and oxygen atoms in total. The summed E-state index contributed by atoms with van der Waals surface area (Å²) in [5, 5.41) is 9.65. The molecule has 0 radical (unpaired) electrons. The van der Waals surface area contributed by atoms with Gasteiger partial charge in [0.25, 0.3) is 0 Å². The molecule has 0 aliphatic heterocycles. The summed E-state index contributed by atoms with van der Waals surface area (Å²) >= 11 is 5.99. The third-order valence-corrected chi connectivity index (χ3v) is 9.95. The summed E-state index contributed by atoms with van der Waals surface area (Å²) in [4.78, 5) is 12.1. The summed E-state index contributed by atoms with van der Waals surface area (Å²) in [6, 6.07) is 0. The van der Waals surface area contributed by atoms with Gasteiger partial charge >= 0.3 is 0 Å². The Morgan fingerprint density at radius 2 is 1.96 bits per heavy atom. The van der Waals surface area contributed by atoms with Gasteiger partial charge in [0.15, 0.2) is 19.1 Å². The molecule has 2 heterocycles. The number of nitrogens with zero attached hydrogens (tertiary/aromatic N) is 4. The molecule has 0 spiro atoms. The van der Waals surface area contributed by atoms with E-state index in [1.165, 1.54) is 12.7 Å². The zero-order valence-corrected chi connectivity index (χ0v) is 18.3. The minimum absolute atomic E-state index is 0.0146. The number of hydrogen-bond donors (Lipinski definition) is 1. The number of fused-ring (bicyclic) bond motifs is 1. The van der Waals surface area contributed by atoms with Crippen molar-refractivity contribution in [1.82, 2.24) is 19.5 Å². The molecule has 0 aromatic carbocycles. The Morgan fingerprint density at radius 3 is 2.59 bits per heavy atom. The second-order valence-corrected chi connectivity index (χ2v) is 13.2. The van der Waals surface area contributed by atoms with E-state index in [-0.39, 0.29) is 35.6 Å². The van der Waals surface area contributed by atoms with Gasteiger partial charge in [-0.1, -0.05) is 32.4 Å². The van der Waals surface area contributed by atoms with Crippen molar-refractivity contribution in [3.8, 4) is 0 Å². The van der Waals surface area contributed by atoms with Crippen LogP contribution in [0.1, 0.15) is 33.6 Å². The zero-order chi connectivity index (χ0) is 20.2. The smallest absolute Gasteiger partial charge is 0.191 e. The fraction of sp³-hybridized carbons (Fsp3) is 0.611.